The number of ether oxygens (including phenoxy) is 2. The molecule has 1 aliphatic rings. The molecule has 5 N–H and O–H groups in total. The van der Waals surface area contributed by atoms with Crippen molar-refractivity contribution in [3.05, 3.63) is 24.3 Å². The number of aromatic nitrogens is 6. The molecule has 2 unspecified atom stereocenters. The largest absolute Gasteiger partial charge is 0.462 e. The topological polar surface area (TPSA) is 184 Å². The van der Waals surface area contributed by atoms with Crippen molar-refractivity contribution in [2.75, 3.05) is 18.9 Å². The molecule has 0 radical (unpaired) electrons. The smallest absolute Gasteiger partial charge is 0.341 e. The molecule has 0 spiro atoms. The second-order valence-electron chi connectivity index (χ2n) is 6.36. The Kier molecular flexibility index (Phi) is 4.87. The summed E-state index contributed by atoms with van der Waals surface area (Å²) in [6.45, 7) is 1.45. The molecule has 13 nitrogen and oxygen atoms in total. The zero-order valence-corrected chi connectivity index (χ0v) is 15.3. The van der Waals surface area contributed by atoms with Crippen molar-refractivity contribution >= 4 is 23.0 Å². The van der Waals surface area contributed by atoms with Gasteiger partial charge in [-0.2, -0.15) is 15.1 Å². The lowest BCUT2D eigenvalue weighted by Gasteiger charge is -2.16. The molecular weight excluding hydrogens is 386 g/mol. The van der Waals surface area contributed by atoms with Crippen molar-refractivity contribution < 1.29 is 29.6 Å². The van der Waals surface area contributed by atoms with Crippen molar-refractivity contribution in [2.24, 2.45) is 0 Å². The summed E-state index contributed by atoms with van der Waals surface area (Å²) in [4.78, 5) is 24.5. The molecule has 0 bridgehead atoms. The maximum Gasteiger partial charge on any atom is 0.341 e. The fraction of sp³-hybridized carbons (Fsp3) is 0.438. The first-order valence-electron chi connectivity index (χ1n) is 8.79. The first-order valence-corrected chi connectivity index (χ1v) is 8.79. The van der Waals surface area contributed by atoms with Gasteiger partial charge in [0.2, 0.25) is 0 Å². The van der Waals surface area contributed by atoms with Gasteiger partial charge in [0.05, 0.1) is 31.3 Å². The molecular formula is C16H19N7O6. The second kappa shape index (κ2) is 7.36. The molecule has 13 heteroatoms. The van der Waals surface area contributed by atoms with E-state index in [9.17, 15) is 20.1 Å². The van der Waals surface area contributed by atoms with Crippen LogP contribution in [0.15, 0.2) is 18.7 Å². The summed E-state index contributed by atoms with van der Waals surface area (Å²) in [7, 11) is 0. The van der Waals surface area contributed by atoms with Crippen molar-refractivity contribution in [2.45, 2.75) is 31.5 Å². The highest BCUT2D eigenvalue weighted by molar-refractivity contribution is 5.89. The minimum atomic E-state index is -1.32. The van der Waals surface area contributed by atoms with E-state index in [0.29, 0.717) is 0 Å². The number of carbonyl (C=O) groups excluding carboxylic acids is 1. The molecule has 3 aromatic rings. The van der Waals surface area contributed by atoms with E-state index in [0.717, 1.165) is 0 Å². The molecule has 154 valence electrons. The van der Waals surface area contributed by atoms with Gasteiger partial charge in [-0.1, -0.05) is 0 Å². The Balaban J connectivity index is 1.74. The van der Waals surface area contributed by atoms with Crippen LogP contribution in [0.5, 0.6) is 0 Å². The van der Waals surface area contributed by atoms with Crippen LogP contribution in [0, 0.1) is 0 Å². The summed E-state index contributed by atoms with van der Waals surface area (Å²) < 4.78 is 13.1. The van der Waals surface area contributed by atoms with Crippen LogP contribution in [-0.4, -0.2) is 82.1 Å². The molecule has 0 amide bonds. The van der Waals surface area contributed by atoms with Gasteiger partial charge in [0.15, 0.2) is 17.7 Å². The molecule has 1 aliphatic heterocycles. The number of aliphatic hydroxyl groups is 3. The monoisotopic (exact) mass is 405 g/mol. The Hall–Kier alpha value is -3.13. The Morgan fingerprint density at radius 1 is 1.34 bits per heavy atom. The van der Waals surface area contributed by atoms with Crippen molar-refractivity contribution in [3.8, 4) is 5.95 Å². The summed E-state index contributed by atoms with van der Waals surface area (Å²) >= 11 is 0. The fourth-order valence-electron chi connectivity index (χ4n) is 3.08. The molecule has 0 aromatic carbocycles. The zero-order valence-electron chi connectivity index (χ0n) is 15.3. The Morgan fingerprint density at radius 3 is 2.83 bits per heavy atom. The quantitative estimate of drug-likeness (QED) is 0.358. The van der Waals surface area contributed by atoms with E-state index in [-0.39, 0.29) is 35.1 Å². The van der Waals surface area contributed by atoms with E-state index in [1.165, 1.54) is 28.0 Å². The second-order valence-corrected chi connectivity index (χ2v) is 6.36. The summed E-state index contributed by atoms with van der Waals surface area (Å²) in [5, 5.41) is 33.6. The number of rotatable bonds is 5. The lowest BCUT2D eigenvalue weighted by atomic mass is 10.1. The average Bonchev–Trinajstić information content (AvgIpc) is 3.41. The van der Waals surface area contributed by atoms with Crippen LogP contribution in [-0.2, 0) is 9.47 Å². The summed E-state index contributed by atoms with van der Waals surface area (Å²) in [5.74, 6) is -0.438. The third-order valence-corrected chi connectivity index (χ3v) is 4.53. The van der Waals surface area contributed by atoms with Gasteiger partial charge in [0, 0.05) is 6.20 Å². The number of aliphatic hydroxyl groups excluding tert-OH is 3. The van der Waals surface area contributed by atoms with Crippen molar-refractivity contribution in [3.63, 3.8) is 0 Å². The molecule has 4 rings (SSSR count). The Bertz CT molecular complexity index is 1050. The standard InChI is InChI=1S/C16H19N7O6/c1-2-28-15(27)7-3-19-23(4-7)16-20-12(17)9-13(21-16)22(6-18-9)14-11(26)10(25)8(5-24)29-14/h3-4,6,8,10-11,14,24-26H,2,5H2,1H3,(H2,17,20,21)/t8-,10?,11-,14?/m1/s1. The zero-order chi connectivity index (χ0) is 20.7. The van der Waals surface area contributed by atoms with Crippen LogP contribution in [0.2, 0.25) is 0 Å². The lowest BCUT2D eigenvalue weighted by Crippen LogP contribution is -2.33. The maximum atomic E-state index is 11.8. The minimum absolute atomic E-state index is 0.0451. The van der Waals surface area contributed by atoms with Gasteiger partial charge >= 0.3 is 5.97 Å². The normalized spacial score (nSPS) is 24.3. The number of imidazole rings is 1. The molecule has 4 heterocycles. The molecule has 29 heavy (non-hydrogen) atoms. The van der Waals surface area contributed by atoms with Crippen LogP contribution >= 0.6 is 0 Å². The number of nitrogen functional groups attached to an aromatic ring is 1. The third-order valence-electron chi connectivity index (χ3n) is 4.53. The van der Waals surface area contributed by atoms with Gasteiger partial charge in [-0.15, -0.1) is 0 Å². The predicted octanol–water partition coefficient (Wildman–Crippen LogP) is -1.62. The van der Waals surface area contributed by atoms with Crippen LogP contribution in [0.1, 0.15) is 23.5 Å². The number of anilines is 1. The van der Waals surface area contributed by atoms with Gasteiger partial charge in [-0.05, 0) is 6.92 Å². The van der Waals surface area contributed by atoms with E-state index in [4.69, 9.17) is 15.2 Å². The summed E-state index contributed by atoms with van der Waals surface area (Å²) in [5.41, 5.74) is 6.67. The molecule has 3 aromatic heterocycles. The van der Waals surface area contributed by atoms with Crippen LogP contribution in [0.3, 0.4) is 0 Å². The highest BCUT2D eigenvalue weighted by Gasteiger charge is 2.44. The number of nitrogens with zero attached hydrogens (tertiary/aromatic N) is 6. The number of carbonyl (C=O) groups is 1. The minimum Gasteiger partial charge on any atom is -0.462 e. The van der Waals surface area contributed by atoms with Gasteiger partial charge in [0.1, 0.15) is 23.8 Å². The summed E-state index contributed by atoms with van der Waals surface area (Å²) in [6, 6.07) is 0. The highest BCUT2D eigenvalue weighted by Crippen LogP contribution is 2.32. The SMILES string of the molecule is CCOC(=O)c1cnn(-c2nc(N)c3ncn(C4O[C@H](CO)C(O)[C@H]4O)c3n2)c1. The van der Waals surface area contributed by atoms with E-state index in [1.54, 1.807) is 6.92 Å². The first kappa shape index (κ1) is 19.2. The number of fused-ring (bicyclic) bond motifs is 1. The van der Waals surface area contributed by atoms with Crippen LogP contribution < -0.4 is 5.73 Å². The maximum absolute atomic E-state index is 11.8. The summed E-state index contributed by atoms with van der Waals surface area (Å²) in [6.07, 6.45) is -0.542. The van der Waals surface area contributed by atoms with E-state index in [2.05, 4.69) is 20.1 Å². The van der Waals surface area contributed by atoms with E-state index < -0.39 is 37.1 Å². The van der Waals surface area contributed by atoms with Crippen molar-refractivity contribution in [1.29, 1.82) is 0 Å². The fourth-order valence-corrected chi connectivity index (χ4v) is 3.08. The Morgan fingerprint density at radius 2 is 2.14 bits per heavy atom. The third kappa shape index (κ3) is 3.19. The van der Waals surface area contributed by atoms with Crippen molar-refractivity contribution in [1.82, 2.24) is 29.3 Å². The molecule has 0 saturated carbocycles. The van der Waals surface area contributed by atoms with Gasteiger partial charge in [-0.25, -0.2) is 14.5 Å². The lowest BCUT2D eigenvalue weighted by molar-refractivity contribution is -0.0511. The van der Waals surface area contributed by atoms with E-state index >= 15 is 0 Å². The predicted molar refractivity (Wildman–Crippen MR) is 95.8 cm³/mol. The van der Waals surface area contributed by atoms with Gasteiger partial charge in [-0.3, -0.25) is 4.57 Å². The molecule has 0 aliphatic carbocycles. The molecule has 1 fully saturated rings. The highest BCUT2D eigenvalue weighted by atomic mass is 16.6. The van der Waals surface area contributed by atoms with Gasteiger partial charge in [0.25, 0.3) is 5.95 Å². The number of hydrogen-bond donors (Lipinski definition) is 4. The number of esters is 1. The molecule has 1 saturated heterocycles. The van der Waals surface area contributed by atoms with Crippen LogP contribution in [0.25, 0.3) is 17.1 Å². The number of hydrogen-bond acceptors (Lipinski definition) is 11. The number of nitrogens with two attached hydrogens (primary N) is 1. The van der Waals surface area contributed by atoms with E-state index in [1.807, 2.05) is 0 Å². The Labute approximate surface area is 163 Å². The van der Waals surface area contributed by atoms with Gasteiger partial charge < -0.3 is 30.5 Å². The molecule has 4 atom stereocenters. The first-order chi connectivity index (χ1) is 13.9. The average molecular weight is 405 g/mol. The van der Waals surface area contributed by atoms with Crippen LogP contribution in [0.4, 0.5) is 5.82 Å².